The SMILES string of the molecule is C/C=C(\C=C(/N)C1=CC(C(=O)O)=CC(C2C=NC(N(c3ccccc3)c3ccccc3)=CN2)N1C)C(=O)O. The zero-order valence-electron chi connectivity index (χ0n) is 21.0. The highest BCUT2D eigenvalue weighted by molar-refractivity contribution is 5.92. The van der Waals surface area contributed by atoms with E-state index < -0.39 is 18.0 Å². The van der Waals surface area contributed by atoms with Crippen molar-refractivity contribution in [3.63, 3.8) is 0 Å². The van der Waals surface area contributed by atoms with Gasteiger partial charge in [-0.3, -0.25) is 4.90 Å². The highest BCUT2D eigenvalue weighted by atomic mass is 16.4. The lowest BCUT2D eigenvalue weighted by Gasteiger charge is -2.38. The van der Waals surface area contributed by atoms with Crippen LogP contribution in [0.3, 0.4) is 0 Å². The molecule has 2 aromatic rings. The fourth-order valence-corrected chi connectivity index (χ4v) is 4.31. The minimum Gasteiger partial charge on any atom is -0.478 e. The van der Waals surface area contributed by atoms with E-state index in [1.807, 2.05) is 70.5 Å². The molecule has 2 unspecified atom stereocenters. The average Bonchev–Trinajstić information content (AvgIpc) is 2.93. The lowest BCUT2D eigenvalue weighted by Crippen LogP contribution is -2.50. The quantitative estimate of drug-likeness (QED) is 0.311. The normalized spacial score (nSPS) is 19.6. The van der Waals surface area contributed by atoms with Gasteiger partial charge in [0.2, 0.25) is 0 Å². The molecule has 4 rings (SSSR count). The summed E-state index contributed by atoms with van der Waals surface area (Å²) < 4.78 is 0. The number of anilines is 2. The number of allylic oxidation sites excluding steroid dienone is 1. The van der Waals surface area contributed by atoms with Crippen molar-refractivity contribution in [2.24, 2.45) is 10.7 Å². The molecule has 2 heterocycles. The molecule has 0 radical (unpaired) electrons. The molecule has 0 aromatic heterocycles. The summed E-state index contributed by atoms with van der Waals surface area (Å²) in [7, 11) is 1.78. The fourth-order valence-electron chi connectivity index (χ4n) is 4.31. The maximum absolute atomic E-state index is 11.9. The molecule has 0 saturated heterocycles. The summed E-state index contributed by atoms with van der Waals surface area (Å²) in [5.74, 6) is -1.57. The van der Waals surface area contributed by atoms with Crippen LogP contribution in [0.2, 0.25) is 0 Å². The van der Waals surface area contributed by atoms with Crippen molar-refractivity contribution in [3.05, 3.63) is 120 Å². The first kappa shape index (κ1) is 26.0. The van der Waals surface area contributed by atoms with Gasteiger partial charge in [-0.2, -0.15) is 0 Å². The molecule has 0 saturated carbocycles. The first-order chi connectivity index (χ1) is 18.3. The van der Waals surface area contributed by atoms with Crippen LogP contribution in [0.1, 0.15) is 6.92 Å². The van der Waals surface area contributed by atoms with Crippen LogP contribution in [0.5, 0.6) is 0 Å². The van der Waals surface area contributed by atoms with Crippen molar-refractivity contribution < 1.29 is 19.8 Å². The number of aliphatic imine (C=N–C) groups is 1. The molecule has 0 bridgehead atoms. The summed E-state index contributed by atoms with van der Waals surface area (Å²) in [5.41, 5.74) is 8.72. The van der Waals surface area contributed by atoms with Crippen LogP contribution >= 0.6 is 0 Å². The van der Waals surface area contributed by atoms with Crippen molar-refractivity contribution in [1.82, 2.24) is 10.2 Å². The lowest BCUT2D eigenvalue weighted by atomic mass is 9.96. The number of para-hydroxylation sites is 2. The van der Waals surface area contributed by atoms with Gasteiger partial charge in [0, 0.05) is 30.8 Å². The third-order valence-corrected chi connectivity index (χ3v) is 6.28. The summed E-state index contributed by atoms with van der Waals surface area (Å²) in [5, 5.41) is 22.5. The highest BCUT2D eigenvalue weighted by Crippen LogP contribution is 2.31. The molecule has 194 valence electrons. The molecule has 0 aliphatic carbocycles. The van der Waals surface area contributed by atoms with Gasteiger partial charge in [-0.15, -0.1) is 0 Å². The number of rotatable bonds is 8. The van der Waals surface area contributed by atoms with Crippen LogP contribution in [0.25, 0.3) is 0 Å². The van der Waals surface area contributed by atoms with E-state index in [2.05, 4.69) is 5.32 Å². The van der Waals surface area contributed by atoms with Gasteiger partial charge in [0.15, 0.2) is 5.82 Å². The Balaban J connectivity index is 1.63. The number of hydrogen-bond acceptors (Lipinski definition) is 7. The van der Waals surface area contributed by atoms with Crippen molar-refractivity contribution in [2.45, 2.75) is 19.0 Å². The van der Waals surface area contributed by atoms with Gasteiger partial charge >= 0.3 is 11.9 Å². The van der Waals surface area contributed by atoms with Gasteiger partial charge in [0.25, 0.3) is 0 Å². The Labute approximate surface area is 220 Å². The number of nitrogens with one attached hydrogen (secondary N) is 1. The van der Waals surface area contributed by atoms with Gasteiger partial charge in [0.05, 0.1) is 34.6 Å². The molecule has 0 amide bonds. The monoisotopic (exact) mass is 511 g/mol. The summed E-state index contributed by atoms with van der Waals surface area (Å²) in [4.78, 5) is 32.0. The predicted molar refractivity (Wildman–Crippen MR) is 148 cm³/mol. The largest absolute Gasteiger partial charge is 0.478 e. The topological polar surface area (TPSA) is 131 Å². The van der Waals surface area contributed by atoms with Gasteiger partial charge in [-0.05, 0) is 49.4 Å². The maximum Gasteiger partial charge on any atom is 0.335 e. The zero-order valence-corrected chi connectivity index (χ0v) is 21.0. The molecular formula is C29H29N5O4. The molecule has 5 N–H and O–H groups in total. The van der Waals surface area contributed by atoms with E-state index in [1.165, 1.54) is 18.2 Å². The molecule has 9 heteroatoms. The smallest absolute Gasteiger partial charge is 0.335 e. The second-order valence-electron chi connectivity index (χ2n) is 8.69. The van der Waals surface area contributed by atoms with E-state index in [1.54, 1.807) is 32.5 Å². The summed E-state index contributed by atoms with van der Waals surface area (Å²) in [6, 6.07) is 18.9. The van der Waals surface area contributed by atoms with E-state index in [4.69, 9.17) is 10.7 Å². The Morgan fingerprint density at radius 3 is 2.13 bits per heavy atom. The van der Waals surface area contributed by atoms with E-state index in [0.29, 0.717) is 11.5 Å². The third kappa shape index (κ3) is 5.52. The number of carboxylic acids is 2. The van der Waals surface area contributed by atoms with Gasteiger partial charge in [-0.1, -0.05) is 42.5 Å². The Morgan fingerprint density at radius 2 is 1.66 bits per heavy atom. The van der Waals surface area contributed by atoms with E-state index in [0.717, 1.165) is 11.4 Å². The minimum absolute atomic E-state index is 0.00613. The first-order valence-corrected chi connectivity index (χ1v) is 12.0. The lowest BCUT2D eigenvalue weighted by molar-refractivity contribution is -0.133. The number of hydrogen-bond donors (Lipinski definition) is 4. The molecule has 2 aromatic carbocycles. The van der Waals surface area contributed by atoms with Crippen LogP contribution in [-0.4, -0.2) is 52.4 Å². The molecule has 38 heavy (non-hydrogen) atoms. The predicted octanol–water partition coefficient (Wildman–Crippen LogP) is 3.75. The second kappa shape index (κ2) is 11.3. The number of carbonyl (C=O) groups is 2. The van der Waals surface area contributed by atoms with Gasteiger partial charge in [-0.25, -0.2) is 14.6 Å². The minimum atomic E-state index is -1.12. The van der Waals surface area contributed by atoms with Crippen LogP contribution < -0.4 is 16.0 Å². The number of likely N-dealkylation sites (N-methyl/N-ethyl adjacent to an activating group) is 1. The van der Waals surface area contributed by atoms with Crippen LogP contribution in [0.4, 0.5) is 11.4 Å². The Hall–Kier alpha value is -5.05. The highest BCUT2D eigenvalue weighted by Gasteiger charge is 2.31. The Bertz CT molecular complexity index is 1350. The van der Waals surface area contributed by atoms with Gasteiger partial charge in [0.1, 0.15) is 0 Å². The molecule has 0 fully saturated rings. The maximum atomic E-state index is 11.9. The van der Waals surface area contributed by atoms with Crippen molar-refractivity contribution in [3.8, 4) is 0 Å². The van der Waals surface area contributed by atoms with Crippen molar-refractivity contribution in [2.75, 3.05) is 11.9 Å². The van der Waals surface area contributed by atoms with Crippen LogP contribution in [-0.2, 0) is 9.59 Å². The number of benzene rings is 2. The van der Waals surface area contributed by atoms with Crippen molar-refractivity contribution in [1.29, 1.82) is 0 Å². The van der Waals surface area contributed by atoms with E-state index >= 15 is 0 Å². The molecule has 2 aliphatic rings. The third-order valence-electron chi connectivity index (χ3n) is 6.28. The standard InChI is InChI=1S/C29H29N5O4/c1-3-19(28(35)36)14-23(30)25-15-20(29(37)38)16-26(33(25)2)24-17-32-27(18-31-24)34(21-10-6-4-7-11-21)22-12-8-5-9-13-22/h3-18,24,26,31H,30H2,1-2H3,(H,35,36)(H,37,38)/b19-3+,23-14-. The summed E-state index contributed by atoms with van der Waals surface area (Å²) >= 11 is 0. The number of carboxylic acid groups (broad SMARTS) is 2. The van der Waals surface area contributed by atoms with E-state index in [-0.39, 0.29) is 22.9 Å². The Morgan fingerprint density at radius 1 is 1.05 bits per heavy atom. The molecule has 2 atom stereocenters. The molecule has 2 aliphatic heterocycles. The Kier molecular flexibility index (Phi) is 7.77. The fraction of sp³-hybridized carbons (Fsp3) is 0.138. The number of nitrogens with two attached hydrogens (primary N) is 1. The number of nitrogens with zero attached hydrogens (tertiary/aromatic N) is 3. The molecular weight excluding hydrogens is 482 g/mol. The average molecular weight is 512 g/mol. The zero-order chi connectivity index (χ0) is 27.2. The molecule has 0 spiro atoms. The van der Waals surface area contributed by atoms with Crippen LogP contribution in [0, 0.1) is 0 Å². The van der Waals surface area contributed by atoms with E-state index in [9.17, 15) is 19.8 Å². The van der Waals surface area contributed by atoms with Gasteiger partial charge < -0.3 is 26.2 Å². The summed E-state index contributed by atoms with van der Waals surface area (Å²) in [6.45, 7) is 1.60. The summed E-state index contributed by atoms with van der Waals surface area (Å²) in [6.07, 6.45) is 9.35. The second-order valence-corrected chi connectivity index (χ2v) is 8.69. The first-order valence-electron chi connectivity index (χ1n) is 12.0. The molecule has 9 nitrogen and oxygen atoms in total. The number of aliphatic carboxylic acids is 2. The van der Waals surface area contributed by atoms with Crippen molar-refractivity contribution >= 4 is 29.5 Å². The van der Waals surface area contributed by atoms with Crippen LogP contribution in [0.15, 0.2) is 125 Å².